The van der Waals surface area contributed by atoms with Gasteiger partial charge in [0.05, 0.1) is 0 Å². The lowest BCUT2D eigenvalue weighted by atomic mass is 9.81. The number of rotatable bonds is 6. The van der Waals surface area contributed by atoms with E-state index in [4.69, 9.17) is 4.42 Å². The van der Waals surface area contributed by atoms with Gasteiger partial charge < -0.3 is 9.32 Å². The summed E-state index contributed by atoms with van der Waals surface area (Å²) < 4.78 is 6.58. The van der Waals surface area contributed by atoms with Crippen LogP contribution in [0.3, 0.4) is 0 Å². The van der Waals surface area contributed by atoms with Gasteiger partial charge in [-0.05, 0) is 127 Å². The summed E-state index contributed by atoms with van der Waals surface area (Å²) in [5.74, 6) is 0. The zero-order valence-corrected chi connectivity index (χ0v) is 35.4. The molecule has 0 saturated carbocycles. The molecule has 0 amide bonds. The smallest absolute Gasteiger partial charge is 0.143 e. The quantitative estimate of drug-likeness (QED) is 0.167. The fraction of sp³-hybridized carbons (Fsp3) is 0.100. The molecule has 10 aromatic rings. The Hall–Kier alpha value is -7.42. The average molecular weight is 796 g/mol. The van der Waals surface area contributed by atoms with Crippen LogP contribution < -0.4 is 4.90 Å². The molecule has 0 fully saturated rings. The van der Waals surface area contributed by atoms with E-state index in [-0.39, 0.29) is 10.8 Å². The SMILES string of the molecule is CC1(C)c2cc(-c3ccccc3)ccc2-c2ccc(N(c3cccc(-c4cccc5c4oc4ccccc45)c3)c3ccc4c(c3)C(C)(C)c3cc(-c5ccccc5)ccc3-4)cc21. The first kappa shape index (κ1) is 36.4. The normalized spacial score (nSPS) is 14.1. The van der Waals surface area contributed by atoms with E-state index in [0.29, 0.717) is 0 Å². The molecule has 0 N–H and O–H groups in total. The van der Waals surface area contributed by atoms with Crippen LogP contribution in [-0.2, 0) is 10.8 Å². The summed E-state index contributed by atoms with van der Waals surface area (Å²) in [5.41, 5.74) is 22.6. The zero-order valence-electron chi connectivity index (χ0n) is 35.4. The van der Waals surface area contributed by atoms with Gasteiger partial charge in [0.1, 0.15) is 11.2 Å². The maximum atomic E-state index is 6.58. The van der Waals surface area contributed by atoms with Crippen LogP contribution in [0.15, 0.2) is 205 Å². The summed E-state index contributed by atoms with van der Waals surface area (Å²) in [4.78, 5) is 2.46. The number of para-hydroxylation sites is 2. The van der Waals surface area contributed by atoms with Crippen LogP contribution >= 0.6 is 0 Å². The van der Waals surface area contributed by atoms with Crippen molar-refractivity contribution >= 4 is 39.0 Å². The molecule has 296 valence electrons. The Balaban J connectivity index is 1.02. The van der Waals surface area contributed by atoms with Crippen LogP contribution in [0.5, 0.6) is 0 Å². The number of furan rings is 1. The molecule has 62 heavy (non-hydrogen) atoms. The lowest BCUT2D eigenvalue weighted by Gasteiger charge is -2.30. The van der Waals surface area contributed by atoms with Crippen molar-refractivity contribution in [3.63, 3.8) is 0 Å². The van der Waals surface area contributed by atoms with Crippen LogP contribution in [0.1, 0.15) is 49.9 Å². The van der Waals surface area contributed by atoms with Crippen molar-refractivity contribution in [3.8, 4) is 55.6 Å². The van der Waals surface area contributed by atoms with E-state index in [0.717, 1.165) is 50.1 Å². The molecule has 0 atom stereocenters. The Morgan fingerprint density at radius 1 is 0.323 bits per heavy atom. The van der Waals surface area contributed by atoms with Crippen molar-refractivity contribution < 1.29 is 4.42 Å². The molecule has 2 aliphatic rings. The second-order valence-electron chi connectivity index (χ2n) is 18.1. The highest BCUT2D eigenvalue weighted by Gasteiger charge is 2.38. The van der Waals surface area contributed by atoms with E-state index in [1.54, 1.807) is 0 Å². The number of hydrogen-bond acceptors (Lipinski definition) is 2. The minimum atomic E-state index is -0.200. The van der Waals surface area contributed by atoms with E-state index in [9.17, 15) is 0 Å². The van der Waals surface area contributed by atoms with Gasteiger partial charge >= 0.3 is 0 Å². The molecule has 2 nitrogen and oxygen atoms in total. The molecule has 0 spiro atoms. The van der Waals surface area contributed by atoms with Crippen LogP contribution in [0.25, 0.3) is 77.6 Å². The Kier molecular flexibility index (Phi) is 7.96. The highest BCUT2D eigenvalue weighted by atomic mass is 16.3. The lowest BCUT2D eigenvalue weighted by Crippen LogP contribution is -2.18. The number of anilines is 3. The Morgan fingerprint density at radius 3 is 1.35 bits per heavy atom. The molecule has 1 aromatic heterocycles. The predicted molar refractivity (Wildman–Crippen MR) is 260 cm³/mol. The molecule has 0 radical (unpaired) electrons. The van der Waals surface area contributed by atoms with Gasteiger partial charge in [-0.2, -0.15) is 0 Å². The van der Waals surface area contributed by atoms with Crippen LogP contribution in [-0.4, -0.2) is 0 Å². The molecular weight excluding hydrogens is 751 g/mol. The molecule has 2 aliphatic carbocycles. The monoisotopic (exact) mass is 795 g/mol. The molecular formula is C60H45NO. The van der Waals surface area contributed by atoms with Gasteiger partial charge in [-0.1, -0.05) is 173 Å². The minimum Gasteiger partial charge on any atom is -0.455 e. The second-order valence-corrected chi connectivity index (χ2v) is 18.1. The Morgan fingerprint density at radius 2 is 0.774 bits per heavy atom. The van der Waals surface area contributed by atoms with Crippen LogP contribution in [0.2, 0.25) is 0 Å². The van der Waals surface area contributed by atoms with Crippen molar-refractivity contribution in [1.82, 2.24) is 0 Å². The van der Waals surface area contributed by atoms with Gasteiger partial charge in [0.2, 0.25) is 0 Å². The highest BCUT2D eigenvalue weighted by Crippen LogP contribution is 2.54. The number of fused-ring (bicyclic) bond motifs is 9. The summed E-state index contributed by atoms with van der Waals surface area (Å²) in [7, 11) is 0. The number of benzene rings is 9. The zero-order chi connectivity index (χ0) is 41.7. The topological polar surface area (TPSA) is 16.4 Å². The number of nitrogens with zero attached hydrogens (tertiary/aromatic N) is 1. The summed E-state index contributed by atoms with van der Waals surface area (Å²) in [6.07, 6.45) is 0. The lowest BCUT2D eigenvalue weighted by molar-refractivity contribution is 0.660. The third-order valence-electron chi connectivity index (χ3n) is 13.9. The fourth-order valence-electron chi connectivity index (χ4n) is 10.6. The second kappa shape index (κ2) is 13.5. The van der Waals surface area contributed by atoms with E-state index in [2.05, 4.69) is 227 Å². The molecule has 0 saturated heterocycles. The highest BCUT2D eigenvalue weighted by molar-refractivity contribution is 6.09. The van der Waals surface area contributed by atoms with Crippen molar-refractivity contribution in [2.75, 3.05) is 4.90 Å². The molecule has 2 heteroatoms. The third kappa shape index (κ3) is 5.49. The first-order valence-electron chi connectivity index (χ1n) is 21.7. The van der Waals surface area contributed by atoms with Crippen LogP contribution in [0, 0.1) is 0 Å². The maximum absolute atomic E-state index is 6.58. The molecule has 12 rings (SSSR count). The van der Waals surface area contributed by atoms with Gasteiger partial charge in [-0.25, -0.2) is 0 Å². The van der Waals surface area contributed by atoms with Crippen molar-refractivity contribution in [3.05, 3.63) is 222 Å². The Labute approximate surface area is 363 Å². The van der Waals surface area contributed by atoms with Gasteiger partial charge in [0, 0.05) is 44.2 Å². The standard InChI is InChI=1S/C60H45NO/c1-59(2)53-34-40(38-15-7-5-8-16-38)25-29-47(53)49-31-27-44(36-55(49)59)61(43-20-13-19-42(33-43)46-22-14-23-52-51-21-11-12-24-57(51)62-58(46)52)45-28-32-50-48-30-26-41(39-17-9-6-10-18-39)35-54(48)60(3,4)56(50)37-45/h5-37H,1-4H3. The maximum Gasteiger partial charge on any atom is 0.143 e. The van der Waals surface area contributed by atoms with E-state index >= 15 is 0 Å². The molecule has 0 aliphatic heterocycles. The van der Waals surface area contributed by atoms with Gasteiger partial charge in [0.15, 0.2) is 0 Å². The van der Waals surface area contributed by atoms with Gasteiger partial charge in [-0.3, -0.25) is 0 Å². The molecule has 0 unspecified atom stereocenters. The van der Waals surface area contributed by atoms with E-state index in [1.807, 2.05) is 6.07 Å². The summed E-state index contributed by atoms with van der Waals surface area (Å²) in [5, 5.41) is 2.27. The predicted octanol–water partition coefficient (Wildman–Crippen LogP) is 16.7. The first-order chi connectivity index (χ1) is 30.2. The summed E-state index contributed by atoms with van der Waals surface area (Å²) >= 11 is 0. The third-order valence-corrected chi connectivity index (χ3v) is 13.9. The largest absolute Gasteiger partial charge is 0.455 e. The minimum absolute atomic E-state index is 0.200. The Bertz CT molecular complexity index is 3250. The summed E-state index contributed by atoms with van der Waals surface area (Å²) in [6.45, 7) is 9.53. The van der Waals surface area contributed by atoms with Crippen molar-refractivity contribution in [2.24, 2.45) is 0 Å². The van der Waals surface area contributed by atoms with Crippen molar-refractivity contribution in [1.29, 1.82) is 0 Å². The van der Waals surface area contributed by atoms with E-state index < -0.39 is 0 Å². The van der Waals surface area contributed by atoms with Gasteiger partial charge in [-0.15, -0.1) is 0 Å². The first-order valence-corrected chi connectivity index (χ1v) is 21.7. The molecule has 9 aromatic carbocycles. The number of hydrogen-bond donors (Lipinski definition) is 0. The average Bonchev–Trinajstić information content (AvgIpc) is 3.89. The fourth-order valence-corrected chi connectivity index (χ4v) is 10.6. The van der Waals surface area contributed by atoms with Crippen molar-refractivity contribution in [2.45, 2.75) is 38.5 Å². The molecule has 0 bridgehead atoms. The van der Waals surface area contributed by atoms with Gasteiger partial charge in [0.25, 0.3) is 0 Å². The molecule has 1 heterocycles. The van der Waals surface area contributed by atoms with Crippen LogP contribution in [0.4, 0.5) is 17.1 Å². The van der Waals surface area contributed by atoms with E-state index in [1.165, 1.54) is 66.8 Å². The summed E-state index contributed by atoms with van der Waals surface area (Å²) in [6, 6.07) is 73.6.